The van der Waals surface area contributed by atoms with Crippen LogP contribution in [-0.2, 0) is 12.8 Å². The number of anilines is 1. The summed E-state index contributed by atoms with van der Waals surface area (Å²) in [7, 11) is 1.60. The molecule has 2 N–H and O–H groups in total. The fourth-order valence-electron chi connectivity index (χ4n) is 2.07. The number of benzene rings is 1. The molecular weight excluding hydrogens is 181 g/mol. The van der Waals surface area contributed by atoms with Crippen LogP contribution in [0.3, 0.4) is 0 Å². The van der Waals surface area contributed by atoms with Crippen LogP contribution in [0.1, 0.15) is 24.0 Å². The van der Waals surface area contributed by atoms with Crippen LogP contribution in [0.2, 0.25) is 0 Å². The van der Waals surface area contributed by atoms with Crippen LogP contribution in [0.15, 0.2) is 6.07 Å². The molecule has 0 unspecified atom stereocenters. The molecule has 0 spiro atoms. The summed E-state index contributed by atoms with van der Waals surface area (Å²) in [5.74, 6) is 0.485. The molecular formula is C11H14FNO. The Balaban J connectivity index is 2.60. The molecule has 0 aromatic heterocycles. The van der Waals surface area contributed by atoms with Crippen molar-refractivity contribution in [3.63, 3.8) is 0 Å². The number of methoxy groups -OCH3 is 1. The van der Waals surface area contributed by atoms with Crippen molar-refractivity contribution in [3.8, 4) is 5.75 Å². The van der Waals surface area contributed by atoms with E-state index in [0.29, 0.717) is 0 Å². The Morgan fingerprint density at radius 3 is 2.57 bits per heavy atom. The molecule has 76 valence electrons. The lowest BCUT2D eigenvalue weighted by molar-refractivity contribution is 0.404. The maximum atomic E-state index is 13.6. The minimum Gasteiger partial charge on any atom is -0.496 e. The second-order valence-corrected chi connectivity index (χ2v) is 3.65. The average molecular weight is 195 g/mol. The highest BCUT2D eigenvalue weighted by atomic mass is 19.1. The van der Waals surface area contributed by atoms with Crippen molar-refractivity contribution in [1.82, 2.24) is 0 Å². The van der Waals surface area contributed by atoms with Gasteiger partial charge < -0.3 is 10.5 Å². The Morgan fingerprint density at radius 1 is 1.29 bits per heavy atom. The molecule has 0 heterocycles. The third-order valence-corrected chi connectivity index (χ3v) is 2.79. The summed E-state index contributed by atoms with van der Waals surface area (Å²) in [6, 6.07) is 1.58. The van der Waals surface area contributed by atoms with Gasteiger partial charge in [0, 0.05) is 11.6 Å². The van der Waals surface area contributed by atoms with Gasteiger partial charge in [-0.25, -0.2) is 4.39 Å². The van der Waals surface area contributed by atoms with Gasteiger partial charge in [-0.15, -0.1) is 0 Å². The van der Waals surface area contributed by atoms with Crippen LogP contribution in [0.25, 0.3) is 0 Å². The van der Waals surface area contributed by atoms with Crippen LogP contribution >= 0.6 is 0 Å². The van der Waals surface area contributed by atoms with E-state index in [0.717, 1.165) is 42.6 Å². The number of fused-ring (bicyclic) bond motifs is 1. The molecule has 1 aromatic carbocycles. The third kappa shape index (κ3) is 1.33. The summed E-state index contributed by atoms with van der Waals surface area (Å²) >= 11 is 0. The average Bonchev–Trinajstić information content (AvgIpc) is 2.23. The summed E-state index contributed by atoms with van der Waals surface area (Å²) in [4.78, 5) is 0. The summed E-state index contributed by atoms with van der Waals surface area (Å²) < 4.78 is 18.8. The monoisotopic (exact) mass is 195 g/mol. The summed E-state index contributed by atoms with van der Waals surface area (Å²) in [6.07, 6.45) is 3.82. The zero-order valence-corrected chi connectivity index (χ0v) is 8.27. The molecule has 0 fully saturated rings. The molecule has 0 saturated heterocycles. The highest BCUT2D eigenvalue weighted by molar-refractivity contribution is 5.55. The smallest absolute Gasteiger partial charge is 0.149 e. The first kappa shape index (κ1) is 9.31. The molecule has 14 heavy (non-hydrogen) atoms. The van der Waals surface area contributed by atoms with E-state index < -0.39 is 0 Å². The number of nitrogen functional groups attached to an aromatic ring is 1. The number of hydrogen-bond acceptors (Lipinski definition) is 2. The zero-order chi connectivity index (χ0) is 10.1. The normalized spacial score (nSPS) is 15.0. The van der Waals surface area contributed by atoms with Gasteiger partial charge in [0.25, 0.3) is 0 Å². The Morgan fingerprint density at radius 2 is 1.93 bits per heavy atom. The summed E-state index contributed by atoms with van der Waals surface area (Å²) in [6.45, 7) is 0. The second-order valence-electron chi connectivity index (χ2n) is 3.65. The number of nitrogens with two attached hydrogens (primary N) is 1. The van der Waals surface area contributed by atoms with Crippen molar-refractivity contribution in [2.24, 2.45) is 0 Å². The number of hydrogen-bond donors (Lipinski definition) is 1. The maximum Gasteiger partial charge on any atom is 0.149 e. The molecule has 1 aliphatic carbocycles. The van der Waals surface area contributed by atoms with Gasteiger partial charge in [-0.05, 0) is 31.2 Å². The fourth-order valence-corrected chi connectivity index (χ4v) is 2.07. The standard InChI is InChI=1S/C11H14FNO/c1-14-10-6-9(13)11(12)8-5-3-2-4-7(8)10/h6H,2-5,13H2,1H3. The van der Waals surface area contributed by atoms with Gasteiger partial charge in [0.05, 0.1) is 12.8 Å². The second kappa shape index (κ2) is 3.48. The van der Waals surface area contributed by atoms with Gasteiger partial charge >= 0.3 is 0 Å². The molecule has 2 nitrogen and oxygen atoms in total. The number of ether oxygens (including phenoxy) is 1. The van der Waals surface area contributed by atoms with Crippen LogP contribution in [0.5, 0.6) is 5.75 Å². The van der Waals surface area contributed by atoms with Crippen molar-refractivity contribution in [3.05, 3.63) is 23.0 Å². The topological polar surface area (TPSA) is 35.2 Å². The van der Waals surface area contributed by atoms with Crippen LogP contribution in [-0.4, -0.2) is 7.11 Å². The van der Waals surface area contributed by atoms with Gasteiger partial charge in [-0.1, -0.05) is 0 Å². The van der Waals surface area contributed by atoms with Gasteiger partial charge in [0.15, 0.2) is 0 Å². The lowest BCUT2D eigenvalue weighted by Crippen LogP contribution is -2.09. The van der Waals surface area contributed by atoms with Gasteiger partial charge in [-0.2, -0.15) is 0 Å². The predicted octanol–water partition coefficient (Wildman–Crippen LogP) is 2.30. The third-order valence-electron chi connectivity index (χ3n) is 2.79. The number of rotatable bonds is 1. The van der Waals surface area contributed by atoms with E-state index >= 15 is 0 Å². The van der Waals surface area contributed by atoms with E-state index in [-0.39, 0.29) is 11.5 Å². The van der Waals surface area contributed by atoms with Crippen molar-refractivity contribution in [1.29, 1.82) is 0 Å². The van der Waals surface area contributed by atoms with Crippen LogP contribution < -0.4 is 10.5 Å². The largest absolute Gasteiger partial charge is 0.496 e. The van der Waals surface area contributed by atoms with E-state index in [2.05, 4.69) is 0 Å². The zero-order valence-electron chi connectivity index (χ0n) is 8.27. The van der Waals surface area contributed by atoms with Gasteiger partial charge in [0.2, 0.25) is 0 Å². The van der Waals surface area contributed by atoms with Crippen molar-refractivity contribution in [2.75, 3.05) is 12.8 Å². The Hall–Kier alpha value is -1.25. The molecule has 0 atom stereocenters. The van der Waals surface area contributed by atoms with Crippen molar-refractivity contribution >= 4 is 5.69 Å². The molecule has 0 amide bonds. The van der Waals surface area contributed by atoms with Crippen LogP contribution in [0, 0.1) is 5.82 Å². The minimum absolute atomic E-state index is 0.197. The first-order chi connectivity index (χ1) is 6.74. The lowest BCUT2D eigenvalue weighted by atomic mass is 9.90. The highest BCUT2D eigenvalue weighted by Crippen LogP contribution is 2.34. The Labute approximate surface area is 82.9 Å². The highest BCUT2D eigenvalue weighted by Gasteiger charge is 2.19. The van der Waals surface area contributed by atoms with E-state index in [4.69, 9.17) is 10.5 Å². The molecule has 3 heteroatoms. The molecule has 0 saturated carbocycles. The Bertz CT molecular complexity index is 363. The van der Waals surface area contributed by atoms with Gasteiger partial charge in [0.1, 0.15) is 11.6 Å². The van der Waals surface area contributed by atoms with Crippen molar-refractivity contribution < 1.29 is 9.13 Å². The van der Waals surface area contributed by atoms with E-state index in [1.54, 1.807) is 13.2 Å². The molecule has 0 radical (unpaired) electrons. The maximum absolute atomic E-state index is 13.6. The minimum atomic E-state index is -0.250. The number of halogens is 1. The van der Waals surface area contributed by atoms with Gasteiger partial charge in [-0.3, -0.25) is 0 Å². The van der Waals surface area contributed by atoms with E-state index in [1.807, 2.05) is 0 Å². The van der Waals surface area contributed by atoms with E-state index in [1.165, 1.54) is 0 Å². The molecule has 0 aliphatic heterocycles. The first-order valence-electron chi connectivity index (χ1n) is 4.87. The fraction of sp³-hybridized carbons (Fsp3) is 0.455. The lowest BCUT2D eigenvalue weighted by Gasteiger charge is -2.20. The van der Waals surface area contributed by atoms with Crippen molar-refractivity contribution in [2.45, 2.75) is 25.7 Å². The summed E-state index contributed by atoms with van der Waals surface area (Å²) in [5.41, 5.74) is 7.52. The SMILES string of the molecule is COc1cc(N)c(F)c2c1CCCC2. The predicted molar refractivity (Wildman–Crippen MR) is 54.0 cm³/mol. The van der Waals surface area contributed by atoms with E-state index in [9.17, 15) is 4.39 Å². The molecule has 2 rings (SSSR count). The first-order valence-corrected chi connectivity index (χ1v) is 4.87. The molecule has 0 bridgehead atoms. The molecule has 1 aliphatic rings. The Kier molecular flexibility index (Phi) is 2.32. The quantitative estimate of drug-likeness (QED) is 0.698. The summed E-state index contributed by atoms with van der Waals surface area (Å²) in [5, 5.41) is 0. The van der Waals surface area contributed by atoms with Crippen LogP contribution in [0.4, 0.5) is 10.1 Å². The molecule has 1 aromatic rings.